The zero-order valence-electron chi connectivity index (χ0n) is 12.0. The van der Waals surface area contributed by atoms with Gasteiger partial charge in [0.25, 0.3) is 0 Å². The van der Waals surface area contributed by atoms with Gasteiger partial charge >= 0.3 is 0 Å². The Morgan fingerprint density at radius 1 is 1.29 bits per heavy atom. The molecule has 3 rings (SSSR count). The third kappa shape index (κ3) is 2.81. The average molecular weight is 292 g/mol. The molecule has 114 valence electrons. The Kier molecular flexibility index (Phi) is 3.96. The zero-order valence-corrected chi connectivity index (χ0v) is 12.0. The summed E-state index contributed by atoms with van der Waals surface area (Å²) in [7, 11) is 0. The SMILES string of the molecule is NC(=NO)c1ccc(N2CCC(N3CCCC3)C2)c(F)c1. The maximum absolute atomic E-state index is 14.3. The lowest BCUT2D eigenvalue weighted by molar-refractivity contribution is 0.260. The number of nitrogens with zero attached hydrogens (tertiary/aromatic N) is 3. The predicted octanol–water partition coefficient (Wildman–Crippen LogP) is 1.59. The molecule has 5 nitrogen and oxygen atoms in total. The highest BCUT2D eigenvalue weighted by Gasteiger charge is 2.30. The number of rotatable bonds is 3. The first kappa shape index (κ1) is 14.1. The van der Waals surface area contributed by atoms with Crippen molar-refractivity contribution in [1.82, 2.24) is 4.90 Å². The number of oxime groups is 1. The lowest BCUT2D eigenvalue weighted by Gasteiger charge is -2.24. The second-order valence-electron chi connectivity index (χ2n) is 5.78. The summed E-state index contributed by atoms with van der Waals surface area (Å²) in [5, 5.41) is 11.5. The number of amidine groups is 1. The summed E-state index contributed by atoms with van der Waals surface area (Å²) in [5.74, 6) is -0.391. The third-order valence-electron chi connectivity index (χ3n) is 4.51. The van der Waals surface area contributed by atoms with Crippen LogP contribution in [0.2, 0.25) is 0 Å². The van der Waals surface area contributed by atoms with Crippen molar-refractivity contribution < 1.29 is 9.60 Å². The van der Waals surface area contributed by atoms with Crippen molar-refractivity contribution >= 4 is 11.5 Å². The molecule has 0 aliphatic carbocycles. The van der Waals surface area contributed by atoms with E-state index in [2.05, 4.69) is 15.0 Å². The predicted molar refractivity (Wildman–Crippen MR) is 80.3 cm³/mol. The second-order valence-corrected chi connectivity index (χ2v) is 5.78. The van der Waals surface area contributed by atoms with Crippen molar-refractivity contribution in [3.05, 3.63) is 29.6 Å². The smallest absolute Gasteiger partial charge is 0.170 e. The molecule has 0 bridgehead atoms. The molecule has 1 aromatic carbocycles. The van der Waals surface area contributed by atoms with Crippen LogP contribution in [-0.2, 0) is 0 Å². The van der Waals surface area contributed by atoms with Crippen LogP contribution in [0.1, 0.15) is 24.8 Å². The molecule has 2 saturated heterocycles. The largest absolute Gasteiger partial charge is 0.409 e. The molecule has 0 aromatic heterocycles. The standard InChI is InChI=1S/C15H21FN4O/c16-13-9-11(15(17)18-21)3-4-14(13)20-8-5-12(10-20)19-6-1-2-7-19/h3-4,9,12,21H,1-2,5-8,10H2,(H2,17,18). The first-order valence-electron chi connectivity index (χ1n) is 7.45. The molecule has 0 saturated carbocycles. The Morgan fingerprint density at radius 2 is 2.05 bits per heavy atom. The van der Waals surface area contributed by atoms with Crippen LogP contribution in [0.3, 0.4) is 0 Å². The van der Waals surface area contributed by atoms with Crippen LogP contribution in [0.15, 0.2) is 23.4 Å². The molecule has 21 heavy (non-hydrogen) atoms. The van der Waals surface area contributed by atoms with E-state index in [1.54, 1.807) is 12.1 Å². The van der Waals surface area contributed by atoms with Crippen LogP contribution in [-0.4, -0.2) is 48.2 Å². The van der Waals surface area contributed by atoms with Gasteiger partial charge in [0.1, 0.15) is 5.82 Å². The van der Waals surface area contributed by atoms with Crippen molar-refractivity contribution in [3.8, 4) is 0 Å². The minimum absolute atomic E-state index is 0.0724. The summed E-state index contributed by atoms with van der Waals surface area (Å²) >= 11 is 0. The highest BCUT2D eigenvalue weighted by atomic mass is 19.1. The van der Waals surface area contributed by atoms with Crippen LogP contribution in [0.5, 0.6) is 0 Å². The molecule has 3 N–H and O–H groups in total. The third-order valence-corrected chi connectivity index (χ3v) is 4.51. The van der Waals surface area contributed by atoms with Gasteiger partial charge in [0.05, 0.1) is 5.69 Å². The van der Waals surface area contributed by atoms with E-state index in [0.29, 0.717) is 17.3 Å². The summed E-state index contributed by atoms with van der Waals surface area (Å²) in [5.41, 5.74) is 6.48. The molecular formula is C15H21FN4O. The van der Waals surface area contributed by atoms with Crippen molar-refractivity contribution in [2.45, 2.75) is 25.3 Å². The number of nitrogens with two attached hydrogens (primary N) is 1. The van der Waals surface area contributed by atoms with Gasteiger partial charge in [-0.1, -0.05) is 5.16 Å². The van der Waals surface area contributed by atoms with E-state index >= 15 is 0 Å². The van der Waals surface area contributed by atoms with Gasteiger partial charge in [0, 0.05) is 24.7 Å². The Morgan fingerprint density at radius 3 is 2.71 bits per heavy atom. The molecule has 1 atom stereocenters. The van der Waals surface area contributed by atoms with Crippen molar-refractivity contribution in [1.29, 1.82) is 0 Å². The maximum atomic E-state index is 14.3. The number of hydrogen-bond acceptors (Lipinski definition) is 4. The van der Waals surface area contributed by atoms with Gasteiger partial charge in [-0.3, -0.25) is 4.90 Å². The molecule has 1 unspecified atom stereocenters. The second kappa shape index (κ2) is 5.89. The Bertz CT molecular complexity index is 542. The van der Waals surface area contributed by atoms with Gasteiger partial charge in [-0.15, -0.1) is 0 Å². The van der Waals surface area contributed by atoms with Gasteiger partial charge < -0.3 is 15.8 Å². The zero-order chi connectivity index (χ0) is 14.8. The van der Waals surface area contributed by atoms with Gasteiger partial charge in [0.15, 0.2) is 5.84 Å². The fourth-order valence-electron chi connectivity index (χ4n) is 3.35. The molecule has 0 spiro atoms. The first-order chi connectivity index (χ1) is 10.2. The summed E-state index contributed by atoms with van der Waals surface area (Å²) in [6.45, 7) is 4.09. The number of hydrogen-bond donors (Lipinski definition) is 2. The number of benzene rings is 1. The van der Waals surface area contributed by atoms with Gasteiger partial charge in [-0.2, -0.15) is 0 Å². The normalized spacial score (nSPS) is 24.0. The summed E-state index contributed by atoms with van der Waals surface area (Å²) in [6, 6.07) is 5.27. The van der Waals surface area contributed by atoms with Crippen molar-refractivity contribution in [2.75, 3.05) is 31.1 Å². The van der Waals surface area contributed by atoms with Crippen LogP contribution in [0.4, 0.5) is 10.1 Å². The van der Waals surface area contributed by atoms with E-state index in [9.17, 15) is 4.39 Å². The molecule has 6 heteroatoms. The van der Waals surface area contributed by atoms with E-state index in [4.69, 9.17) is 10.9 Å². The topological polar surface area (TPSA) is 65.1 Å². The van der Waals surface area contributed by atoms with E-state index in [1.165, 1.54) is 32.0 Å². The molecule has 2 fully saturated rings. The summed E-state index contributed by atoms with van der Waals surface area (Å²) in [4.78, 5) is 4.61. The van der Waals surface area contributed by atoms with Crippen LogP contribution < -0.4 is 10.6 Å². The highest BCUT2D eigenvalue weighted by Crippen LogP contribution is 2.27. The minimum Gasteiger partial charge on any atom is -0.409 e. The number of halogens is 1. The van der Waals surface area contributed by atoms with Crippen LogP contribution in [0, 0.1) is 5.82 Å². The lowest BCUT2D eigenvalue weighted by Crippen LogP contribution is -2.35. The number of likely N-dealkylation sites (tertiary alicyclic amines) is 1. The van der Waals surface area contributed by atoms with Crippen LogP contribution >= 0.6 is 0 Å². The minimum atomic E-state index is -0.318. The fraction of sp³-hybridized carbons (Fsp3) is 0.533. The van der Waals surface area contributed by atoms with E-state index in [1.807, 2.05) is 0 Å². The molecule has 2 aliphatic heterocycles. The molecule has 0 amide bonds. The summed E-state index contributed by atoms with van der Waals surface area (Å²) < 4.78 is 14.3. The lowest BCUT2D eigenvalue weighted by atomic mass is 10.1. The quantitative estimate of drug-likeness (QED) is 0.384. The monoisotopic (exact) mass is 292 g/mol. The molecule has 0 radical (unpaired) electrons. The Labute approximate surface area is 123 Å². The van der Waals surface area contributed by atoms with Crippen LogP contribution in [0.25, 0.3) is 0 Å². The van der Waals surface area contributed by atoms with Gasteiger partial charge in [0.2, 0.25) is 0 Å². The Balaban J connectivity index is 1.72. The van der Waals surface area contributed by atoms with E-state index in [-0.39, 0.29) is 11.7 Å². The van der Waals surface area contributed by atoms with Crippen molar-refractivity contribution in [3.63, 3.8) is 0 Å². The maximum Gasteiger partial charge on any atom is 0.170 e. The van der Waals surface area contributed by atoms with E-state index in [0.717, 1.165) is 19.5 Å². The highest BCUT2D eigenvalue weighted by molar-refractivity contribution is 5.97. The molecule has 1 aromatic rings. The fourth-order valence-corrected chi connectivity index (χ4v) is 3.35. The Hall–Kier alpha value is -1.82. The van der Waals surface area contributed by atoms with Crippen molar-refractivity contribution in [2.24, 2.45) is 10.9 Å². The number of anilines is 1. The average Bonchev–Trinajstić information content (AvgIpc) is 3.16. The molecule has 2 aliphatic rings. The molecule has 2 heterocycles. The van der Waals surface area contributed by atoms with E-state index < -0.39 is 0 Å². The van der Waals surface area contributed by atoms with Gasteiger partial charge in [-0.05, 0) is 50.6 Å². The first-order valence-corrected chi connectivity index (χ1v) is 7.45. The van der Waals surface area contributed by atoms with Gasteiger partial charge in [-0.25, -0.2) is 4.39 Å². The summed E-state index contributed by atoms with van der Waals surface area (Å²) in [6.07, 6.45) is 3.64. The molecular weight excluding hydrogens is 271 g/mol.